The SMILES string of the molecule is CN=C(NCCc1nc(C(F)(F)F)cs1)NCCc1ncc(C)s1.I. The Kier molecular flexibility index (Phi) is 9.07. The van der Waals surface area contributed by atoms with Gasteiger partial charge in [-0.05, 0) is 6.92 Å². The van der Waals surface area contributed by atoms with Gasteiger partial charge in [-0.15, -0.1) is 46.7 Å². The van der Waals surface area contributed by atoms with Gasteiger partial charge >= 0.3 is 6.18 Å². The van der Waals surface area contributed by atoms with Crippen LogP contribution in [-0.2, 0) is 19.0 Å². The van der Waals surface area contributed by atoms with E-state index in [0.29, 0.717) is 30.5 Å². The van der Waals surface area contributed by atoms with Gasteiger partial charge in [-0.2, -0.15) is 13.2 Å². The second-order valence-corrected chi connectivity index (χ2v) is 7.18. The highest BCUT2D eigenvalue weighted by atomic mass is 127. The number of aromatic nitrogens is 2. The van der Waals surface area contributed by atoms with Crippen molar-refractivity contribution >= 4 is 52.6 Å². The fourth-order valence-corrected chi connectivity index (χ4v) is 3.46. The van der Waals surface area contributed by atoms with Crippen LogP contribution >= 0.6 is 46.7 Å². The van der Waals surface area contributed by atoms with Gasteiger partial charge in [0, 0.05) is 49.4 Å². The number of rotatable bonds is 6. The summed E-state index contributed by atoms with van der Waals surface area (Å²) in [5, 5.41) is 8.76. The van der Waals surface area contributed by atoms with E-state index in [1.807, 2.05) is 13.1 Å². The van der Waals surface area contributed by atoms with Gasteiger partial charge < -0.3 is 10.6 Å². The van der Waals surface area contributed by atoms with Crippen LogP contribution in [0.3, 0.4) is 0 Å². The van der Waals surface area contributed by atoms with E-state index in [1.165, 1.54) is 4.88 Å². The molecule has 2 heterocycles. The lowest BCUT2D eigenvalue weighted by molar-refractivity contribution is -0.140. The summed E-state index contributed by atoms with van der Waals surface area (Å²) >= 11 is 2.67. The third kappa shape index (κ3) is 7.44. The van der Waals surface area contributed by atoms with Crippen molar-refractivity contribution in [2.45, 2.75) is 25.9 Å². The van der Waals surface area contributed by atoms with Crippen molar-refractivity contribution < 1.29 is 13.2 Å². The van der Waals surface area contributed by atoms with Gasteiger partial charge in [-0.25, -0.2) is 9.97 Å². The average Bonchev–Trinajstić information content (AvgIpc) is 3.14. The molecule has 25 heavy (non-hydrogen) atoms. The zero-order chi connectivity index (χ0) is 17.6. The second kappa shape index (κ2) is 10.3. The van der Waals surface area contributed by atoms with Gasteiger partial charge in [0.1, 0.15) is 0 Å². The Morgan fingerprint density at radius 2 is 1.84 bits per heavy atom. The molecular weight excluding hydrogens is 486 g/mol. The molecule has 0 saturated heterocycles. The van der Waals surface area contributed by atoms with Crippen LogP contribution in [0.4, 0.5) is 13.2 Å². The molecule has 140 valence electrons. The second-order valence-electron chi connectivity index (χ2n) is 4.91. The fraction of sp³-hybridized carbons (Fsp3) is 0.500. The predicted molar refractivity (Wildman–Crippen MR) is 106 cm³/mol. The Morgan fingerprint density at radius 1 is 1.20 bits per heavy atom. The number of hydrogen-bond acceptors (Lipinski definition) is 5. The molecule has 0 unspecified atom stereocenters. The molecule has 2 N–H and O–H groups in total. The van der Waals surface area contributed by atoms with Gasteiger partial charge in [0.25, 0.3) is 0 Å². The first-order valence-corrected chi connectivity index (χ1v) is 8.95. The molecule has 5 nitrogen and oxygen atoms in total. The molecule has 0 bridgehead atoms. The van der Waals surface area contributed by atoms with E-state index in [9.17, 15) is 13.2 Å². The van der Waals surface area contributed by atoms with Crippen LogP contribution in [0.5, 0.6) is 0 Å². The zero-order valence-electron chi connectivity index (χ0n) is 13.7. The lowest BCUT2D eigenvalue weighted by Crippen LogP contribution is -2.39. The van der Waals surface area contributed by atoms with Crippen LogP contribution in [0.1, 0.15) is 20.6 Å². The van der Waals surface area contributed by atoms with Gasteiger partial charge in [-0.3, -0.25) is 4.99 Å². The molecule has 2 aromatic rings. The molecule has 0 aromatic carbocycles. The Bertz CT molecular complexity index is 684. The molecule has 0 aliphatic heterocycles. The van der Waals surface area contributed by atoms with Crippen LogP contribution in [-0.4, -0.2) is 36.1 Å². The van der Waals surface area contributed by atoms with Crippen molar-refractivity contribution in [3.05, 3.63) is 32.2 Å². The smallest absolute Gasteiger partial charge is 0.356 e. The summed E-state index contributed by atoms with van der Waals surface area (Å²) in [6.07, 6.45) is -1.34. The Balaban J connectivity index is 0.00000312. The monoisotopic (exact) mass is 505 g/mol. The van der Waals surface area contributed by atoms with Gasteiger partial charge in [0.05, 0.1) is 10.0 Å². The summed E-state index contributed by atoms with van der Waals surface area (Å²) in [6, 6.07) is 0. The molecule has 0 amide bonds. The van der Waals surface area contributed by atoms with Crippen LogP contribution in [0.25, 0.3) is 0 Å². The average molecular weight is 505 g/mol. The number of halogens is 4. The molecule has 11 heteroatoms. The summed E-state index contributed by atoms with van der Waals surface area (Å²) in [5.41, 5.74) is -0.830. The Hall–Kier alpha value is -0.950. The van der Waals surface area contributed by atoms with E-state index < -0.39 is 11.9 Å². The minimum atomic E-state index is -4.38. The maximum absolute atomic E-state index is 12.5. The predicted octanol–water partition coefficient (Wildman–Crippen LogP) is 3.50. The van der Waals surface area contributed by atoms with Crippen molar-refractivity contribution in [3.8, 4) is 0 Å². The summed E-state index contributed by atoms with van der Waals surface area (Å²) < 4.78 is 37.4. The number of thiazole rings is 2. The molecule has 2 aromatic heterocycles. The molecule has 2 rings (SSSR count). The highest BCUT2D eigenvalue weighted by Crippen LogP contribution is 2.29. The van der Waals surface area contributed by atoms with E-state index in [4.69, 9.17) is 0 Å². The number of hydrogen-bond donors (Lipinski definition) is 2. The molecular formula is C14H19F3IN5S2. The normalized spacial score (nSPS) is 12.0. The highest BCUT2D eigenvalue weighted by molar-refractivity contribution is 14.0. The van der Waals surface area contributed by atoms with Gasteiger partial charge in [0.2, 0.25) is 0 Å². The number of nitrogens with one attached hydrogen (secondary N) is 2. The van der Waals surface area contributed by atoms with E-state index in [-0.39, 0.29) is 24.0 Å². The molecule has 0 saturated carbocycles. The lowest BCUT2D eigenvalue weighted by atomic mass is 10.4. The maximum Gasteiger partial charge on any atom is 0.434 e. The van der Waals surface area contributed by atoms with Crippen molar-refractivity contribution in [2.24, 2.45) is 4.99 Å². The summed E-state index contributed by atoms with van der Waals surface area (Å²) in [4.78, 5) is 13.1. The molecule has 0 atom stereocenters. The van der Waals surface area contributed by atoms with Crippen molar-refractivity contribution in [3.63, 3.8) is 0 Å². The topological polar surface area (TPSA) is 62.2 Å². The number of alkyl halides is 3. The van der Waals surface area contributed by atoms with E-state index in [2.05, 4.69) is 25.6 Å². The third-order valence-corrected chi connectivity index (χ3v) is 4.88. The van der Waals surface area contributed by atoms with Crippen LogP contribution in [0, 0.1) is 6.92 Å². The highest BCUT2D eigenvalue weighted by Gasteiger charge is 2.33. The standard InChI is InChI=1S/C14H18F3N5S2.HI/c1-9-7-21-11(24-9)3-5-19-13(18-2)20-6-4-12-22-10(8-23-12)14(15,16)17;/h7-8H,3-6H2,1-2H3,(H2,18,19,20);1H. The first-order valence-electron chi connectivity index (χ1n) is 7.26. The number of nitrogens with zero attached hydrogens (tertiary/aromatic N) is 3. The third-order valence-electron chi connectivity index (χ3n) is 3.00. The number of aliphatic imine (C=N–C) groups is 1. The first kappa shape index (κ1) is 22.1. The molecule has 0 spiro atoms. The molecule has 0 aliphatic rings. The van der Waals surface area contributed by atoms with Gasteiger partial charge in [0.15, 0.2) is 11.7 Å². The van der Waals surface area contributed by atoms with Crippen molar-refractivity contribution in [1.82, 2.24) is 20.6 Å². The summed E-state index contributed by atoms with van der Waals surface area (Å²) in [5.74, 6) is 0.607. The van der Waals surface area contributed by atoms with Gasteiger partial charge in [-0.1, -0.05) is 0 Å². The van der Waals surface area contributed by atoms with Crippen LogP contribution < -0.4 is 10.6 Å². The zero-order valence-corrected chi connectivity index (χ0v) is 17.6. The first-order chi connectivity index (χ1) is 11.4. The minimum Gasteiger partial charge on any atom is -0.356 e. The Labute approximate surface area is 169 Å². The van der Waals surface area contributed by atoms with Crippen molar-refractivity contribution in [2.75, 3.05) is 20.1 Å². The number of aryl methyl sites for hydroxylation is 1. The fourth-order valence-electron chi connectivity index (χ4n) is 1.87. The van der Waals surface area contributed by atoms with Crippen LogP contribution in [0.15, 0.2) is 16.6 Å². The van der Waals surface area contributed by atoms with E-state index in [1.54, 1.807) is 18.4 Å². The van der Waals surface area contributed by atoms with E-state index >= 15 is 0 Å². The minimum absolute atomic E-state index is 0. The lowest BCUT2D eigenvalue weighted by Gasteiger charge is -2.10. The molecule has 0 fully saturated rings. The molecule has 0 radical (unpaired) electrons. The van der Waals surface area contributed by atoms with Crippen LogP contribution in [0.2, 0.25) is 0 Å². The number of guanidine groups is 1. The quantitative estimate of drug-likeness (QED) is 0.359. The molecule has 0 aliphatic carbocycles. The summed E-state index contributed by atoms with van der Waals surface area (Å²) in [7, 11) is 1.65. The van der Waals surface area contributed by atoms with Crippen molar-refractivity contribution in [1.29, 1.82) is 0 Å². The Morgan fingerprint density at radius 3 is 2.32 bits per heavy atom. The van der Waals surface area contributed by atoms with E-state index in [0.717, 1.165) is 28.1 Å². The largest absolute Gasteiger partial charge is 0.434 e. The maximum atomic E-state index is 12.5. The summed E-state index contributed by atoms with van der Waals surface area (Å²) in [6.45, 7) is 3.15.